The molecule has 1 aliphatic heterocycles. The third kappa shape index (κ3) is 6.38. The van der Waals surface area contributed by atoms with E-state index in [0.717, 1.165) is 7.11 Å². The van der Waals surface area contributed by atoms with Gasteiger partial charge in [-0.3, -0.25) is 19.1 Å². The first-order valence-electron chi connectivity index (χ1n) is 10.6. The van der Waals surface area contributed by atoms with Crippen LogP contribution in [0, 0.1) is 0 Å². The number of rotatable bonds is 6. The van der Waals surface area contributed by atoms with Crippen LogP contribution in [-0.4, -0.2) is 53.8 Å². The molecule has 0 spiro atoms. The standard InChI is InChI=1S/C23H24ClF3N2O5/c1-33-20(31)13-19(30)29-12-6-5-9-18(29)21(32)28-16-10-11-17(15-7-3-2-4-8-15)22(24,14-16)34-23(25,26)27/h2-4,7-8,10-11,18H,5-6,9,12-14H2,1H3,(H,28,32). The van der Waals surface area contributed by atoms with Gasteiger partial charge in [0.05, 0.1) is 7.11 Å². The summed E-state index contributed by atoms with van der Waals surface area (Å²) in [5, 5.41) is 0.288. The number of hydrogen-bond donors (Lipinski definition) is 1. The maximum absolute atomic E-state index is 13.2. The third-order valence-electron chi connectivity index (χ3n) is 5.57. The lowest BCUT2D eigenvalue weighted by Gasteiger charge is -2.36. The van der Waals surface area contributed by atoms with E-state index in [1.807, 2.05) is 0 Å². The number of esters is 1. The highest BCUT2D eigenvalue weighted by Gasteiger charge is 2.47. The number of carbonyl (C=O) groups excluding carboxylic acids is 3. The van der Waals surface area contributed by atoms with E-state index < -0.39 is 48.1 Å². The highest BCUT2D eigenvalue weighted by molar-refractivity contribution is 6.29. The van der Waals surface area contributed by atoms with Gasteiger partial charge in [-0.05, 0) is 30.9 Å². The third-order valence-corrected chi connectivity index (χ3v) is 5.98. The molecular weight excluding hydrogens is 477 g/mol. The van der Waals surface area contributed by atoms with E-state index >= 15 is 0 Å². The van der Waals surface area contributed by atoms with Gasteiger partial charge in [0.15, 0.2) is 5.06 Å². The number of alkyl halides is 4. The molecule has 2 aliphatic rings. The molecule has 1 aromatic rings. The molecule has 0 aromatic heterocycles. The molecule has 2 unspecified atom stereocenters. The summed E-state index contributed by atoms with van der Waals surface area (Å²) in [5.74, 6) is -1.85. The van der Waals surface area contributed by atoms with Crippen molar-refractivity contribution in [2.24, 2.45) is 0 Å². The van der Waals surface area contributed by atoms with E-state index in [0.29, 0.717) is 24.8 Å². The van der Waals surface area contributed by atoms with Gasteiger partial charge in [0, 0.05) is 24.2 Å². The summed E-state index contributed by atoms with van der Waals surface area (Å²) in [6.45, 7) is 0.279. The second-order valence-corrected chi connectivity index (χ2v) is 8.54. The van der Waals surface area contributed by atoms with E-state index in [4.69, 9.17) is 11.6 Å². The number of halogens is 4. The molecule has 34 heavy (non-hydrogen) atoms. The first kappa shape index (κ1) is 25.8. The Balaban J connectivity index is 1.81. The topological polar surface area (TPSA) is 84.9 Å². The first-order chi connectivity index (χ1) is 16.0. The molecule has 1 aliphatic carbocycles. The van der Waals surface area contributed by atoms with Crippen molar-refractivity contribution < 1.29 is 37.0 Å². The second kappa shape index (κ2) is 10.6. The highest BCUT2D eigenvalue weighted by Crippen LogP contribution is 2.45. The number of carbonyl (C=O) groups is 3. The minimum Gasteiger partial charge on any atom is -0.469 e. The van der Waals surface area contributed by atoms with Crippen LogP contribution < -0.4 is 5.32 Å². The highest BCUT2D eigenvalue weighted by atomic mass is 35.5. The zero-order valence-electron chi connectivity index (χ0n) is 18.4. The van der Waals surface area contributed by atoms with Crippen molar-refractivity contribution in [1.29, 1.82) is 0 Å². The Kier molecular flexibility index (Phi) is 8.04. The number of allylic oxidation sites excluding steroid dienone is 2. The molecule has 0 radical (unpaired) electrons. The van der Waals surface area contributed by atoms with Crippen molar-refractivity contribution in [2.45, 2.75) is 49.6 Å². The Bertz CT molecular complexity index is 996. The summed E-state index contributed by atoms with van der Waals surface area (Å²) in [6, 6.07) is 7.36. The van der Waals surface area contributed by atoms with Crippen LogP contribution in [0.4, 0.5) is 13.2 Å². The maximum Gasteiger partial charge on any atom is 0.524 e. The summed E-state index contributed by atoms with van der Waals surface area (Å²) in [7, 11) is 1.16. The van der Waals surface area contributed by atoms with Gasteiger partial charge >= 0.3 is 12.3 Å². The van der Waals surface area contributed by atoms with Crippen LogP contribution in [0.25, 0.3) is 5.57 Å². The molecule has 7 nitrogen and oxygen atoms in total. The molecule has 1 heterocycles. The average Bonchev–Trinajstić information content (AvgIpc) is 2.78. The summed E-state index contributed by atoms with van der Waals surface area (Å²) in [4.78, 5) is 38.3. The maximum atomic E-state index is 13.2. The van der Waals surface area contributed by atoms with Crippen LogP contribution in [0.1, 0.15) is 37.7 Å². The van der Waals surface area contributed by atoms with E-state index in [1.165, 1.54) is 17.1 Å². The minimum absolute atomic E-state index is 0.0950. The Hall–Kier alpha value is -2.85. The van der Waals surface area contributed by atoms with Gasteiger partial charge in [-0.1, -0.05) is 48.0 Å². The average molecular weight is 501 g/mol. The van der Waals surface area contributed by atoms with Crippen molar-refractivity contribution in [1.82, 2.24) is 10.2 Å². The molecule has 2 atom stereocenters. The molecule has 184 valence electrons. The number of nitrogens with zero attached hydrogens (tertiary/aromatic N) is 1. The minimum atomic E-state index is -5.03. The van der Waals surface area contributed by atoms with Crippen molar-refractivity contribution in [3.63, 3.8) is 0 Å². The Morgan fingerprint density at radius 3 is 2.53 bits per heavy atom. The van der Waals surface area contributed by atoms with Crippen LogP contribution in [0.2, 0.25) is 0 Å². The van der Waals surface area contributed by atoms with E-state index in [9.17, 15) is 27.6 Å². The number of amides is 2. The van der Waals surface area contributed by atoms with Crippen LogP contribution in [-0.2, 0) is 23.9 Å². The summed E-state index contributed by atoms with van der Waals surface area (Å²) in [5.41, 5.74) is 0.641. The van der Waals surface area contributed by atoms with Gasteiger partial charge in [0.2, 0.25) is 11.8 Å². The van der Waals surface area contributed by atoms with Gasteiger partial charge in [-0.2, -0.15) is 0 Å². The molecule has 1 saturated heterocycles. The molecule has 2 amide bonds. The van der Waals surface area contributed by atoms with Crippen molar-refractivity contribution in [3.05, 3.63) is 53.7 Å². The van der Waals surface area contributed by atoms with Crippen LogP contribution in [0.5, 0.6) is 0 Å². The number of piperidine rings is 1. The van der Waals surface area contributed by atoms with Gasteiger partial charge < -0.3 is 15.0 Å². The van der Waals surface area contributed by atoms with Gasteiger partial charge in [-0.15, -0.1) is 13.2 Å². The van der Waals surface area contributed by atoms with Crippen molar-refractivity contribution >= 4 is 35.0 Å². The summed E-state index contributed by atoms with van der Waals surface area (Å²) < 4.78 is 48.4. The fourth-order valence-corrected chi connectivity index (χ4v) is 4.44. The largest absolute Gasteiger partial charge is 0.524 e. The molecule has 1 fully saturated rings. The number of benzene rings is 1. The van der Waals surface area contributed by atoms with E-state index in [2.05, 4.69) is 14.8 Å². The van der Waals surface area contributed by atoms with Crippen molar-refractivity contribution in [2.75, 3.05) is 13.7 Å². The van der Waals surface area contributed by atoms with Gasteiger partial charge in [0.25, 0.3) is 0 Å². The molecule has 0 bridgehead atoms. The Morgan fingerprint density at radius 1 is 1.18 bits per heavy atom. The molecule has 1 aromatic carbocycles. The lowest BCUT2D eigenvalue weighted by molar-refractivity contribution is -0.342. The number of nitrogens with one attached hydrogen (secondary N) is 1. The summed E-state index contributed by atoms with van der Waals surface area (Å²) in [6.07, 6.45) is -1.48. The monoisotopic (exact) mass is 500 g/mol. The quantitative estimate of drug-likeness (QED) is 0.364. The van der Waals surface area contributed by atoms with Crippen LogP contribution in [0.3, 0.4) is 0 Å². The molecule has 0 saturated carbocycles. The lowest BCUT2D eigenvalue weighted by atomic mass is 9.92. The number of likely N-dealkylation sites (tertiary alicyclic amines) is 1. The Labute approximate surface area is 199 Å². The zero-order valence-corrected chi connectivity index (χ0v) is 19.1. The van der Waals surface area contributed by atoms with Crippen LogP contribution >= 0.6 is 11.6 Å². The van der Waals surface area contributed by atoms with E-state index in [-0.39, 0.29) is 17.8 Å². The predicted octanol–water partition coefficient (Wildman–Crippen LogP) is 3.89. The SMILES string of the molecule is COC(=O)CC(=O)N1CCCCC1C(=O)NC1=CC=C(c2ccccc2)C(Cl)(OC(F)(F)F)C1. The number of hydrogen-bond acceptors (Lipinski definition) is 5. The lowest BCUT2D eigenvalue weighted by Crippen LogP contribution is -2.52. The van der Waals surface area contributed by atoms with Crippen LogP contribution in [0.15, 0.2) is 48.2 Å². The van der Waals surface area contributed by atoms with Crippen molar-refractivity contribution in [3.8, 4) is 0 Å². The zero-order chi connectivity index (χ0) is 24.9. The normalized spacial score (nSPS) is 23.0. The van der Waals surface area contributed by atoms with E-state index in [1.54, 1.807) is 30.3 Å². The second-order valence-electron chi connectivity index (χ2n) is 7.93. The Morgan fingerprint density at radius 2 is 1.88 bits per heavy atom. The summed E-state index contributed by atoms with van der Waals surface area (Å²) >= 11 is 6.36. The smallest absolute Gasteiger partial charge is 0.469 e. The predicted molar refractivity (Wildman–Crippen MR) is 117 cm³/mol. The van der Waals surface area contributed by atoms with Gasteiger partial charge in [-0.25, -0.2) is 0 Å². The number of methoxy groups -OCH3 is 1. The first-order valence-corrected chi connectivity index (χ1v) is 11.0. The molecule has 3 rings (SSSR count). The fraction of sp³-hybridized carbons (Fsp3) is 0.435. The molecular formula is C23H24ClF3N2O5. The fourth-order valence-electron chi connectivity index (χ4n) is 4.04. The molecule has 11 heteroatoms. The molecule has 1 N–H and O–H groups in total. The van der Waals surface area contributed by atoms with Gasteiger partial charge in [0.1, 0.15) is 12.5 Å². The number of ether oxygens (including phenoxy) is 2.